The summed E-state index contributed by atoms with van der Waals surface area (Å²) in [5, 5.41) is 5.81. The average Bonchev–Trinajstić information content (AvgIpc) is 3.46. The molecule has 4 rings (SSSR count). The summed E-state index contributed by atoms with van der Waals surface area (Å²) in [5.41, 5.74) is -2.35. The number of hydrogen-bond donors (Lipinski definition) is 3. The Kier molecular flexibility index (Phi) is 5.36. The maximum Gasteiger partial charge on any atom is 0.241 e. The SMILES string of the molecule is [2H]C([2H])([2H])c1cnc(Nc2ccc(OCCN3CCCC3)cc2)nc1Nc1cccc(S(=O)(=O)NC(C)(C([2H])([2H])[2H])C([2H])([2H])[2H])c1. The van der Waals surface area contributed by atoms with Crippen molar-refractivity contribution in [1.82, 2.24) is 19.6 Å². The van der Waals surface area contributed by atoms with Gasteiger partial charge in [-0.2, -0.15) is 4.98 Å². The lowest BCUT2D eigenvalue weighted by atomic mass is 10.1. The highest BCUT2D eigenvalue weighted by Crippen LogP contribution is 2.24. The molecule has 0 atom stereocenters. The quantitative estimate of drug-likeness (QED) is 0.340. The van der Waals surface area contributed by atoms with Gasteiger partial charge < -0.3 is 15.4 Å². The highest BCUT2D eigenvalue weighted by atomic mass is 32.2. The Bertz CT molecular complexity index is 1590. The van der Waals surface area contributed by atoms with Crippen molar-refractivity contribution in [3.8, 4) is 5.75 Å². The van der Waals surface area contributed by atoms with Gasteiger partial charge in [-0.3, -0.25) is 4.90 Å². The third-order valence-corrected chi connectivity index (χ3v) is 7.07. The predicted octanol–water partition coefficient (Wildman–Crippen LogP) is 4.82. The molecule has 0 saturated carbocycles. The standard InChI is InChI=1S/C27H36N6O3S/c1-20-19-28-26(30-21-10-12-23(13-11-21)36-17-16-33-14-5-6-15-33)31-25(20)29-22-8-7-9-24(18-22)37(34,35)32-27(2,3)4/h7-13,18-19,32H,5-6,14-17H2,1-4H3,(H2,28,29,30,31)/i1D3,2D3,3D3. The first-order chi connectivity index (χ1) is 21.3. The van der Waals surface area contributed by atoms with E-state index in [0.717, 1.165) is 44.9 Å². The molecule has 0 unspecified atom stereocenters. The third kappa shape index (κ3) is 7.88. The van der Waals surface area contributed by atoms with Gasteiger partial charge in [-0.25, -0.2) is 18.1 Å². The van der Waals surface area contributed by atoms with Gasteiger partial charge in [-0.15, -0.1) is 0 Å². The summed E-state index contributed by atoms with van der Waals surface area (Å²) >= 11 is 0. The van der Waals surface area contributed by atoms with E-state index >= 15 is 0 Å². The first-order valence-electron chi connectivity index (χ1n) is 16.3. The molecule has 1 aliphatic rings. The van der Waals surface area contributed by atoms with E-state index in [1.165, 1.54) is 25.0 Å². The zero-order valence-electron chi connectivity index (χ0n) is 29.4. The number of rotatable bonds is 10. The van der Waals surface area contributed by atoms with E-state index in [1.54, 1.807) is 24.3 Å². The molecule has 2 heterocycles. The van der Waals surface area contributed by atoms with Crippen LogP contribution in [0, 0.1) is 6.85 Å². The topological polar surface area (TPSA) is 108 Å². The minimum absolute atomic E-state index is 0.0507. The van der Waals surface area contributed by atoms with Crippen LogP contribution in [0.25, 0.3) is 0 Å². The molecule has 0 bridgehead atoms. The van der Waals surface area contributed by atoms with Crippen molar-refractivity contribution < 1.29 is 25.5 Å². The van der Waals surface area contributed by atoms with Crippen LogP contribution in [0.5, 0.6) is 5.75 Å². The number of hydrogen-bond acceptors (Lipinski definition) is 8. The van der Waals surface area contributed by atoms with Crippen LogP contribution in [-0.2, 0) is 10.0 Å². The lowest BCUT2D eigenvalue weighted by Crippen LogP contribution is -2.40. The molecule has 3 N–H and O–H groups in total. The van der Waals surface area contributed by atoms with Crippen LogP contribution in [0.3, 0.4) is 0 Å². The first-order valence-corrected chi connectivity index (χ1v) is 13.3. The van der Waals surface area contributed by atoms with Crippen LogP contribution in [-0.4, -0.2) is 55.1 Å². The van der Waals surface area contributed by atoms with Crippen LogP contribution in [0.15, 0.2) is 59.6 Å². The number of aryl methyl sites for hydroxylation is 1. The van der Waals surface area contributed by atoms with Gasteiger partial charge in [0.05, 0.1) is 4.90 Å². The van der Waals surface area contributed by atoms with Crippen molar-refractivity contribution in [2.24, 2.45) is 0 Å². The molecule has 3 aromatic rings. The molecule has 0 aliphatic carbocycles. The van der Waals surface area contributed by atoms with Crippen molar-refractivity contribution in [2.75, 3.05) is 36.9 Å². The highest BCUT2D eigenvalue weighted by Gasteiger charge is 2.22. The van der Waals surface area contributed by atoms with Crippen molar-refractivity contribution in [1.29, 1.82) is 0 Å². The number of benzene rings is 2. The molecular formula is C27H36N6O3S. The maximum absolute atomic E-state index is 13.2. The van der Waals surface area contributed by atoms with Crippen molar-refractivity contribution in [3.63, 3.8) is 0 Å². The van der Waals surface area contributed by atoms with Gasteiger partial charge in [-0.1, -0.05) is 6.07 Å². The van der Waals surface area contributed by atoms with Gasteiger partial charge >= 0.3 is 0 Å². The number of likely N-dealkylation sites (tertiary alicyclic amines) is 1. The average molecular weight is 534 g/mol. The van der Waals surface area contributed by atoms with Crippen LogP contribution in [0.1, 0.15) is 51.4 Å². The van der Waals surface area contributed by atoms with Gasteiger partial charge in [0, 0.05) is 47.6 Å². The molecule has 0 amide bonds. The van der Waals surface area contributed by atoms with Gasteiger partial charge in [-0.05, 0) is 95.9 Å². The monoisotopic (exact) mass is 533 g/mol. The predicted molar refractivity (Wildman–Crippen MR) is 147 cm³/mol. The second-order valence-electron chi connectivity index (χ2n) is 8.89. The summed E-state index contributed by atoms with van der Waals surface area (Å²) in [6.07, 6.45) is 3.55. The summed E-state index contributed by atoms with van der Waals surface area (Å²) in [5.74, 6) is 0.597. The Morgan fingerprint density at radius 1 is 1.08 bits per heavy atom. The van der Waals surface area contributed by atoms with Crippen molar-refractivity contribution in [2.45, 2.75) is 50.8 Å². The second kappa shape index (κ2) is 11.5. The summed E-state index contributed by atoms with van der Waals surface area (Å²) in [6.45, 7) is -4.66. The molecule has 198 valence electrons. The van der Waals surface area contributed by atoms with Gasteiger partial charge in [0.1, 0.15) is 18.2 Å². The molecular weight excluding hydrogens is 488 g/mol. The van der Waals surface area contributed by atoms with Gasteiger partial charge in [0.2, 0.25) is 16.0 Å². The Morgan fingerprint density at radius 3 is 2.59 bits per heavy atom. The van der Waals surface area contributed by atoms with E-state index in [2.05, 4.69) is 25.5 Å². The summed E-state index contributed by atoms with van der Waals surface area (Å²) in [6, 6.07) is 12.1. The smallest absolute Gasteiger partial charge is 0.241 e. The van der Waals surface area contributed by atoms with E-state index < -0.39 is 41.0 Å². The van der Waals surface area contributed by atoms with Crippen LogP contribution in [0.2, 0.25) is 0 Å². The molecule has 1 fully saturated rings. The first kappa shape index (κ1) is 17.3. The highest BCUT2D eigenvalue weighted by molar-refractivity contribution is 7.89. The second-order valence-corrected chi connectivity index (χ2v) is 10.6. The van der Waals surface area contributed by atoms with E-state index in [4.69, 9.17) is 17.1 Å². The van der Waals surface area contributed by atoms with Crippen molar-refractivity contribution in [3.05, 3.63) is 60.3 Å². The van der Waals surface area contributed by atoms with Crippen molar-refractivity contribution >= 4 is 33.2 Å². The Balaban J connectivity index is 1.53. The largest absolute Gasteiger partial charge is 0.492 e. The van der Waals surface area contributed by atoms with E-state index in [1.807, 2.05) is 4.72 Å². The third-order valence-electron chi connectivity index (χ3n) is 5.52. The fraction of sp³-hybridized carbons (Fsp3) is 0.407. The number of sulfonamides is 1. The summed E-state index contributed by atoms with van der Waals surface area (Å²) in [4.78, 5) is 10.3. The van der Waals surface area contributed by atoms with E-state index in [9.17, 15) is 8.42 Å². The van der Waals surface area contributed by atoms with E-state index in [-0.39, 0.29) is 23.0 Å². The number of aromatic nitrogens is 2. The fourth-order valence-corrected chi connectivity index (χ4v) is 5.00. The zero-order chi connectivity index (χ0) is 34.0. The fourth-order valence-electron chi connectivity index (χ4n) is 3.81. The lowest BCUT2D eigenvalue weighted by Gasteiger charge is -2.20. The zero-order valence-corrected chi connectivity index (χ0v) is 21.2. The Hall–Kier alpha value is -3.21. The molecule has 2 aromatic carbocycles. The van der Waals surface area contributed by atoms with Gasteiger partial charge in [0.25, 0.3) is 0 Å². The summed E-state index contributed by atoms with van der Waals surface area (Å²) < 4.78 is 104. The van der Waals surface area contributed by atoms with E-state index in [0.29, 0.717) is 18.0 Å². The van der Waals surface area contributed by atoms with Gasteiger partial charge in [0.15, 0.2) is 0 Å². The van der Waals surface area contributed by atoms with Crippen LogP contribution in [0.4, 0.5) is 23.1 Å². The minimum Gasteiger partial charge on any atom is -0.492 e. The lowest BCUT2D eigenvalue weighted by molar-refractivity contribution is 0.238. The number of anilines is 4. The van der Waals surface area contributed by atoms with Crippen LogP contribution < -0.4 is 20.1 Å². The molecule has 9 nitrogen and oxygen atoms in total. The summed E-state index contributed by atoms with van der Waals surface area (Å²) in [7, 11) is -4.68. The number of nitrogens with one attached hydrogen (secondary N) is 3. The molecule has 1 saturated heterocycles. The van der Waals surface area contributed by atoms with Crippen LogP contribution >= 0.6 is 0 Å². The number of ether oxygens (including phenoxy) is 1. The Morgan fingerprint density at radius 2 is 1.86 bits per heavy atom. The molecule has 1 aromatic heterocycles. The number of nitrogens with zero attached hydrogens (tertiary/aromatic N) is 3. The molecule has 0 radical (unpaired) electrons. The molecule has 0 spiro atoms. The Labute approximate surface area is 232 Å². The maximum atomic E-state index is 13.2. The minimum atomic E-state index is -4.68. The molecule has 37 heavy (non-hydrogen) atoms. The molecule has 1 aliphatic heterocycles. The molecule has 10 heteroatoms. The normalized spacial score (nSPS) is 19.1.